The molecule has 6 nitrogen and oxygen atoms in total. The van der Waals surface area contributed by atoms with Gasteiger partial charge in [-0.1, -0.05) is 0 Å². The second-order valence-corrected chi connectivity index (χ2v) is 9.73. The van der Waals surface area contributed by atoms with Gasteiger partial charge in [0.25, 0.3) is 0 Å². The van der Waals surface area contributed by atoms with Crippen molar-refractivity contribution in [1.29, 1.82) is 0 Å². The van der Waals surface area contributed by atoms with E-state index in [-0.39, 0.29) is 19.6 Å². The lowest BCUT2D eigenvalue weighted by atomic mass is 10.3. The fraction of sp³-hybridized carbons (Fsp3) is 0.100. The van der Waals surface area contributed by atoms with E-state index in [1.165, 1.54) is 62.8 Å². The summed E-state index contributed by atoms with van der Waals surface area (Å²) in [7, 11) is -4.55. The van der Waals surface area contributed by atoms with Gasteiger partial charge >= 0.3 is 0 Å². The predicted molar refractivity (Wildman–Crippen MR) is 103 cm³/mol. The van der Waals surface area contributed by atoms with Crippen LogP contribution in [0.5, 0.6) is 11.5 Å². The number of sulfone groups is 2. The Balaban J connectivity index is 1.93. The molecular formula is C20H18O6S2. The molecular weight excluding hydrogens is 400 g/mol. The number of benzene rings is 3. The summed E-state index contributed by atoms with van der Waals surface area (Å²) in [5.41, 5.74) is 0. The summed E-state index contributed by atoms with van der Waals surface area (Å²) in [5, 5.41) is 0. The second-order valence-electron chi connectivity index (χ2n) is 5.83. The smallest absolute Gasteiger partial charge is 0.206 e. The number of hydrogen-bond donors (Lipinski definition) is 0. The molecule has 0 radical (unpaired) electrons. The highest BCUT2D eigenvalue weighted by Crippen LogP contribution is 2.27. The van der Waals surface area contributed by atoms with Crippen LogP contribution < -0.4 is 9.47 Å². The van der Waals surface area contributed by atoms with E-state index >= 15 is 0 Å². The van der Waals surface area contributed by atoms with Crippen LogP contribution in [0.4, 0.5) is 0 Å². The molecule has 0 bridgehead atoms. The van der Waals surface area contributed by atoms with Gasteiger partial charge in [0.15, 0.2) is 0 Å². The van der Waals surface area contributed by atoms with Crippen LogP contribution in [-0.4, -0.2) is 31.1 Å². The maximum Gasteiger partial charge on any atom is 0.206 e. The van der Waals surface area contributed by atoms with Crippen LogP contribution in [0.2, 0.25) is 0 Å². The van der Waals surface area contributed by atoms with Crippen molar-refractivity contribution in [2.75, 3.05) is 14.2 Å². The van der Waals surface area contributed by atoms with Crippen LogP contribution >= 0.6 is 0 Å². The van der Waals surface area contributed by atoms with Gasteiger partial charge in [-0.05, 0) is 72.8 Å². The molecule has 146 valence electrons. The van der Waals surface area contributed by atoms with E-state index in [0.29, 0.717) is 11.5 Å². The minimum Gasteiger partial charge on any atom is -0.497 e. The van der Waals surface area contributed by atoms with Crippen molar-refractivity contribution in [3.05, 3.63) is 72.8 Å². The van der Waals surface area contributed by atoms with Gasteiger partial charge < -0.3 is 9.47 Å². The fourth-order valence-electron chi connectivity index (χ4n) is 2.58. The third-order valence-corrected chi connectivity index (χ3v) is 7.75. The van der Waals surface area contributed by atoms with Crippen molar-refractivity contribution in [3.8, 4) is 11.5 Å². The Morgan fingerprint density at radius 3 is 0.893 bits per heavy atom. The Kier molecular flexibility index (Phi) is 5.44. The molecule has 8 heteroatoms. The van der Waals surface area contributed by atoms with Gasteiger partial charge in [-0.25, -0.2) is 16.8 Å². The van der Waals surface area contributed by atoms with E-state index in [4.69, 9.17) is 9.47 Å². The van der Waals surface area contributed by atoms with E-state index < -0.39 is 19.7 Å². The quantitative estimate of drug-likeness (QED) is 0.610. The molecule has 3 aromatic carbocycles. The summed E-state index contributed by atoms with van der Waals surface area (Å²) < 4.78 is 61.0. The molecule has 0 aliphatic carbocycles. The summed E-state index contributed by atoms with van der Waals surface area (Å²) in [5.74, 6) is 1.08. The minimum atomic E-state index is -3.77. The van der Waals surface area contributed by atoms with Crippen molar-refractivity contribution in [2.24, 2.45) is 0 Å². The van der Waals surface area contributed by atoms with Crippen molar-refractivity contribution < 1.29 is 26.3 Å². The Labute approximate surface area is 164 Å². The van der Waals surface area contributed by atoms with Gasteiger partial charge in [0.05, 0.1) is 33.8 Å². The van der Waals surface area contributed by atoms with Gasteiger partial charge in [0.1, 0.15) is 11.5 Å². The third-order valence-electron chi connectivity index (χ3n) is 4.18. The Hall–Kier alpha value is -2.84. The van der Waals surface area contributed by atoms with Crippen molar-refractivity contribution in [3.63, 3.8) is 0 Å². The molecule has 0 heterocycles. The average Bonchev–Trinajstić information content (AvgIpc) is 2.74. The van der Waals surface area contributed by atoms with Gasteiger partial charge in [-0.15, -0.1) is 0 Å². The third kappa shape index (κ3) is 3.74. The molecule has 3 rings (SSSR count). The number of ether oxygens (including phenoxy) is 2. The molecule has 0 saturated carbocycles. The molecule has 3 aromatic rings. The molecule has 0 saturated heterocycles. The summed E-state index contributed by atoms with van der Waals surface area (Å²) in [4.78, 5) is 0.204. The van der Waals surface area contributed by atoms with Crippen molar-refractivity contribution in [2.45, 2.75) is 19.6 Å². The van der Waals surface area contributed by atoms with Gasteiger partial charge in [0.2, 0.25) is 19.7 Å². The van der Waals surface area contributed by atoms with Crippen LogP contribution in [0.1, 0.15) is 0 Å². The Morgan fingerprint density at radius 1 is 0.464 bits per heavy atom. The highest BCUT2D eigenvalue weighted by Gasteiger charge is 2.21. The molecule has 28 heavy (non-hydrogen) atoms. The van der Waals surface area contributed by atoms with Gasteiger partial charge in [-0.3, -0.25) is 0 Å². The standard InChI is InChI=1S/C20H18O6S2/c1-25-15-3-7-17(8-4-15)27(21,22)19-11-13-20(14-12-19)28(23,24)18-9-5-16(26-2)6-10-18/h3-14H,1-2H3. The lowest BCUT2D eigenvalue weighted by Gasteiger charge is -2.08. The maximum absolute atomic E-state index is 12.7. The highest BCUT2D eigenvalue weighted by molar-refractivity contribution is 7.92. The topological polar surface area (TPSA) is 86.7 Å². The molecule has 0 N–H and O–H groups in total. The molecule has 0 aromatic heterocycles. The van der Waals surface area contributed by atoms with Crippen LogP contribution in [0.25, 0.3) is 0 Å². The van der Waals surface area contributed by atoms with E-state index in [9.17, 15) is 16.8 Å². The first-order valence-corrected chi connectivity index (χ1v) is 11.1. The van der Waals surface area contributed by atoms with Gasteiger partial charge in [0, 0.05) is 0 Å². The fourth-order valence-corrected chi connectivity index (χ4v) is 5.10. The summed E-state index contributed by atoms with van der Waals surface area (Å²) >= 11 is 0. The molecule has 0 amide bonds. The monoisotopic (exact) mass is 418 g/mol. The SMILES string of the molecule is COc1ccc(S(=O)(=O)c2ccc(S(=O)(=O)c3ccc(OC)cc3)cc2)cc1. The zero-order chi connectivity index (χ0) is 20.4. The normalized spacial score (nSPS) is 11.8. The lowest BCUT2D eigenvalue weighted by Crippen LogP contribution is -2.05. The molecule has 0 fully saturated rings. The van der Waals surface area contributed by atoms with Crippen molar-refractivity contribution in [1.82, 2.24) is 0 Å². The van der Waals surface area contributed by atoms with E-state index in [1.54, 1.807) is 24.3 Å². The zero-order valence-corrected chi connectivity index (χ0v) is 16.8. The number of methoxy groups -OCH3 is 2. The zero-order valence-electron chi connectivity index (χ0n) is 15.2. The highest BCUT2D eigenvalue weighted by atomic mass is 32.2. The van der Waals surface area contributed by atoms with Gasteiger partial charge in [-0.2, -0.15) is 0 Å². The number of rotatable bonds is 6. The molecule has 0 aliphatic heterocycles. The van der Waals surface area contributed by atoms with Crippen molar-refractivity contribution >= 4 is 19.7 Å². The summed E-state index contributed by atoms with van der Waals surface area (Å²) in [6, 6.07) is 17.1. The first-order valence-electron chi connectivity index (χ1n) is 8.17. The molecule has 0 spiro atoms. The second kappa shape index (κ2) is 7.65. The molecule has 0 aliphatic rings. The molecule has 0 atom stereocenters. The van der Waals surface area contributed by atoms with E-state index in [0.717, 1.165) is 0 Å². The van der Waals surface area contributed by atoms with Crippen LogP contribution in [-0.2, 0) is 19.7 Å². The van der Waals surface area contributed by atoms with Crippen LogP contribution in [0, 0.1) is 0 Å². The Bertz CT molecular complexity index is 1070. The summed E-state index contributed by atoms with van der Waals surface area (Å²) in [6.07, 6.45) is 0. The Morgan fingerprint density at radius 2 is 0.679 bits per heavy atom. The average molecular weight is 418 g/mol. The number of hydrogen-bond acceptors (Lipinski definition) is 6. The first-order chi connectivity index (χ1) is 13.3. The minimum absolute atomic E-state index is 0.00588. The predicted octanol–water partition coefficient (Wildman–Crippen LogP) is 3.37. The first kappa shape index (κ1) is 19.9. The summed E-state index contributed by atoms with van der Waals surface area (Å²) in [6.45, 7) is 0. The lowest BCUT2D eigenvalue weighted by molar-refractivity contribution is 0.414. The largest absolute Gasteiger partial charge is 0.497 e. The van der Waals surface area contributed by atoms with E-state index in [2.05, 4.69) is 0 Å². The van der Waals surface area contributed by atoms with Crippen LogP contribution in [0.15, 0.2) is 92.4 Å². The van der Waals surface area contributed by atoms with Crippen LogP contribution in [0.3, 0.4) is 0 Å². The maximum atomic E-state index is 12.7. The molecule has 0 unspecified atom stereocenters. The van der Waals surface area contributed by atoms with E-state index in [1.807, 2.05) is 0 Å².